The van der Waals surface area contributed by atoms with E-state index in [1.807, 2.05) is 0 Å². The summed E-state index contributed by atoms with van der Waals surface area (Å²) in [4.78, 5) is 37.3. The summed E-state index contributed by atoms with van der Waals surface area (Å²) in [6, 6.07) is 5.87. The second-order valence-corrected chi connectivity index (χ2v) is 5.72. The monoisotopic (exact) mass is 352 g/mol. The highest BCUT2D eigenvalue weighted by Crippen LogP contribution is 2.28. The van der Waals surface area contributed by atoms with Crippen molar-refractivity contribution in [2.75, 3.05) is 31.7 Å². The molecule has 1 aliphatic heterocycles. The van der Waals surface area contributed by atoms with Crippen molar-refractivity contribution in [3.05, 3.63) is 30.1 Å². The zero-order valence-electron chi connectivity index (χ0n) is 14.2. The van der Waals surface area contributed by atoms with Gasteiger partial charge in [-0.05, 0) is 19.1 Å². The molecule has 0 radical (unpaired) electrons. The summed E-state index contributed by atoms with van der Waals surface area (Å²) in [7, 11) is 1.51. The van der Waals surface area contributed by atoms with Gasteiger partial charge in [-0.25, -0.2) is 4.39 Å². The smallest absolute Gasteiger partial charge is 0.312 e. The lowest BCUT2D eigenvalue weighted by Crippen LogP contribution is -2.38. The van der Waals surface area contributed by atoms with E-state index in [-0.39, 0.29) is 24.6 Å². The minimum Gasteiger partial charge on any atom is -0.452 e. The summed E-state index contributed by atoms with van der Waals surface area (Å²) in [5, 5.41) is 2.56. The van der Waals surface area contributed by atoms with Gasteiger partial charge < -0.3 is 19.7 Å². The van der Waals surface area contributed by atoms with Crippen molar-refractivity contribution in [1.82, 2.24) is 5.32 Å². The number of hydrogen-bond donors (Lipinski definition) is 1. The number of nitrogens with one attached hydrogen (secondary N) is 1. The molecule has 1 N–H and O–H groups in total. The van der Waals surface area contributed by atoms with Gasteiger partial charge in [-0.15, -0.1) is 0 Å². The van der Waals surface area contributed by atoms with Gasteiger partial charge in [0.05, 0.1) is 18.2 Å². The molecule has 0 bridgehead atoms. The van der Waals surface area contributed by atoms with Gasteiger partial charge in [0.2, 0.25) is 5.91 Å². The van der Waals surface area contributed by atoms with Crippen molar-refractivity contribution >= 4 is 23.5 Å². The Morgan fingerprint density at radius 2 is 2.12 bits per heavy atom. The summed E-state index contributed by atoms with van der Waals surface area (Å²) in [6.07, 6.45) is -1.06. The maximum absolute atomic E-state index is 13.8. The predicted molar refractivity (Wildman–Crippen MR) is 87.3 cm³/mol. The summed E-state index contributed by atoms with van der Waals surface area (Å²) < 4.78 is 23.8. The van der Waals surface area contributed by atoms with E-state index < -0.39 is 29.7 Å². The van der Waals surface area contributed by atoms with E-state index in [4.69, 9.17) is 9.47 Å². The van der Waals surface area contributed by atoms with Gasteiger partial charge in [0.1, 0.15) is 5.82 Å². The average Bonchev–Trinajstić information content (AvgIpc) is 2.97. The molecule has 7 nitrogen and oxygen atoms in total. The standard InChI is InChI=1S/C17H21FN2O5/c1-11(16(22)19-7-8-24-2)25-17(23)12-9-15(21)20(10-12)14-6-4-3-5-13(14)18/h3-6,11-12H,7-10H2,1-2H3,(H,19,22)/t11-,12-/m1/s1. The number of rotatable bonds is 7. The van der Waals surface area contributed by atoms with Gasteiger partial charge in [-0.2, -0.15) is 0 Å². The Kier molecular flexibility index (Phi) is 6.46. The molecule has 0 aromatic heterocycles. The lowest BCUT2D eigenvalue weighted by atomic mass is 10.1. The van der Waals surface area contributed by atoms with Crippen LogP contribution in [-0.2, 0) is 23.9 Å². The van der Waals surface area contributed by atoms with Gasteiger partial charge in [-0.1, -0.05) is 12.1 Å². The zero-order chi connectivity index (χ0) is 18.4. The van der Waals surface area contributed by atoms with Crippen molar-refractivity contribution in [2.24, 2.45) is 5.92 Å². The van der Waals surface area contributed by atoms with Crippen LogP contribution < -0.4 is 10.2 Å². The summed E-state index contributed by atoms with van der Waals surface area (Å²) >= 11 is 0. The molecule has 0 saturated carbocycles. The van der Waals surface area contributed by atoms with Crippen molar-refractivity contribution < 1.29 is 28.2 Å². The number of hydrogen-bond acceptors (Lipinski definition) is 5. The fraction of sp³-hybridized carbons (Fsp3) is 0.471. The topological polar surface area (TPSA) is 84.9 Å². The Morgan fingerprint density at radius 1 is 1.40 bits per heavy atom. The lowest BCUT2D eigenvalue weighted by molar-refractivity contribution is -0.158. The average molecular weight is 352 g/mol. The largest absolute Gasteiger partial charge is 0.452 e. The first-order chi connectivity index (χ1) is 11.9. The lowest BCUT2D eigenvalue weighted by Gasteiger charge is -2.18. The van der Waals surface area contributed by atoms with E-state index in [0.29, 0.717) is 13.2 Å². The van der Waals surface area contributed by atoms with Crippen LogP contribution >= 0.6 is 0 Å². The van der Waals surface area contributed by atoms with E-state index in [1.54, 1.807) is 6.07 Å². The summed E-state index contributed by atoms with van der Waals surface area (Å²) in [5.74, 6) is -2.72. The van der Waals surface area contributed by atoms with E-state index >= 15 is 0 Å². The first-order valence-corrected chi connectivity index (χ1v) is 7.96. The molecule has 1 aromatic rings. The van der Waals surface area contributed by atoms with Crippen molar-refractivity contribution in [2.45, 2.75) is 19.4 Å². The van der Waals surface area contributed by atoms with Crippen molar-refractivity contribution in [1.29, 1.82) is 0 Å². The van der Waals surface area contributed by atoms with Gasteiger partial charge in [-0.3, -0.25) is 14.4 Å². The normalized spacial score (nSPS) is 18.1. The molecular formula is C17H21FN2O5. The third-order valence-electron chi connectivity index (χ3n) is 3.87. The van der Waals surface area contributed by atoms with Gasteiger partial charge in [0.15, 0.2) is 6.10 Å². The molecule has 1 aliphatic rings. The molecular weight excluding hydrogens is 331 g/mol. The molecule has 136 valence electrons. The number of anilines is 1. The maximum atomic E-state index is 13.8. The predicted octanol–water partition coefficient (Wildman–Crippen LogP) is 0.873. The Labute approximate surface area is 145 Å². The van der Waals surface area contributed by atoms with E-state index in [9.17, 15) is 18.8 Å². The second-order valence-electron chi connectivity index (χ2n) is 5.72. The zero-order valence-corrected chi connectivity index (χ0v) is 14.2. The number of para-hydroxylation sites is 1. The molecule has 0 aliphatic carbocycles. The highest BCUT2D eigenvalue weighted by Gasteiger charge is 2.38. The minimum atomic E-state index is -0.984. The number of carbonyl (C=O) groups is 3. The van der Waals surface area contributed by atoms with Crippen LogP contribution in [0.1, 0.15) is 13.3 Å². The Hall–Kier alpha value is -2.48. The molecule has 1 fully saturated rings. The number of ether oxygens (including phenoxy) is 2. The Morgan fingerprint density at radius 3 is 2.80 bits per heavy atom. The van der Waals surface area contributed by atoms with Crippen LogP contribution in [0.15, 0.2) is 24.3 Å². The van der Waals surface area contributed by atoms with E-state index in [2.05, 4.69) is 5.32 Å². The van der Waals surface area contributed by atoms with Crippen LogP contribution in [0.3, 0.4) is 0 Å². The molecule has 8 heteroatoms. The quantitative estimate of drug-likeness (QED) is 0.581. The van der Waals surface area contributed by atoms with Crippen LogP contribution in [-0.4, -0.2) is 50.7 Å². The second kappa shape index (κ2) is 8.57. The fourth-order valence-electron chi connectivity index (χ4n) is 2.51. The molecule has 1 aromatic carbocycles. The molecule has 2 atom stereocenters. The van der Waals surface area contributed by atoms with Crippen LogP contribution in [0.5, 0.6) is 0 Å². The van der Waals surface area contributed by atoms with Gasteiger partial charge >= 0.3 is 5.97 Å². The van der Waals surface area contributed by atoms with Crippen molar-refractivity contribution in [3.63, 3.8) is 0 Å². The minimum absolute atomic E-state index is 0.0244. The van der Waals surface area contributed by atoms with E-state index in [0.717, 1.165) is 0 Å². The first kappa shape index (κ1) is 18.9. The van der Waals surface area contributed by atoms with Crippen LogP contribution in [0.4, 0.5) is 10.1 Å². The van der Waals surface area contributed by atoms with E-state index in [1.165, 1.54) is 37.1 Å². The number of esters is 1. The number of methoxy groups -OCH3 is 1. The maximum Gasteiger partial charge on any atom is 0.312 e. The van der Waals surface area contributed by atoms with Crippen molar-refractivity contribution in [3.8, 4) is 0 Å². The number of carbonyl (C=O) groups excluding carboxylic acids is 3. The number of nitrogens with zero attached hydrogens (tertiary/aromatic N) is 1. The molecule has 1 saturated heterocycles. The van der Waals surface area contributed by atoms with Crippen LogP contribution in [0.25, 0.3) is 0 Å². The molecule has 0 unspecified atom stereocenters. The van der Waals surface area contributed by atoms with Gasteiger partial charge in [0.25, 0.3) is 5.91 Å². The highest BCUT2D eigenvalue weighted by atomic mass is 19.1. The molecule has 2 amide bonds. The summed E-state index contributed by atoms with van der Waals surface area (Å²) in [6.45, 7) is 2.13. The molecule has 1 heterocycles. The highest BCUT2D eigenvalue weighted by molar-refractivity contribution is 5.99. The van der Waals surface area contributed by atoms with Crippen LogP contribution in [0, 0.1) is 11.7 Å². The first-order valence-electron chi connectivity index (χ1n) is 7.96. The Bertz CT molecular complexity index is 652. The number of benzene rings is 1. The third-order valence-corrected chi connectivity index (χ3v) is 3.87. The SMILES string of the molecule is COCCNC(=O)[C@@H](C)OC(=O)[C@@H]1CC(=O)N(c2ccccc2F)C1. The number of amides is 2. The fourth-order valence-corrected chi connectivity index (χ4v) is 2.51. The van der Waals surface area contributed by atoms with Crippen LogP contribution in [0.2, 0.25) is 0 Å². The summed E-state index contributed by atoms with van der Waals surface area (Å²) in [5.41, 5.74) is 0.133. The molecule has 0 spiro atoms. The third kappa shape index (κ3) is 4.76. The number of halogens is 1. The molecule has 25 heavy (non-hydrogen) atoms. The molecule has 2 rings (SSSR count). The Balaban J connectivity index is 1.92. The van der Waals surface area contributed by atoms with Gasteiger partial charge in [0, 0.05) is 26.6 Å².